The molecule has 158 valence electrons. The van der Waals surface area contributed by atoms with Crippen molar-refractivity contribution in [2.45, 2.75) is 25.8 Å². The smallest absolute Gasteiger partial charge is 0.268 e. The molecule has 1 heterocycles. The first-order valence-corrected chi connectivity index (χ1v) is 9.36. The fourth-order valence-electron chi connectivity index (χ4n) is 2.78. The van der Waals surface area contributed by atoms with Gasteiger partial charge in [-0.3, -0.25) is 4.79 Å². The zero-order valence-electron chi connectivity index (χ0n) is 16.1. The Bertz CT molecular complexity index is 854. The monoisotopic (exact) mass is 423 g/mol. The summed E-state index contributed by atoms with van der Waals surface area (Å²) in [5.41, 5.74) is 24.2. The highest BCUT2D eigenvalue weighted by atomic mass is 35.5. The third-order valence-corrected chi connectivity index (χ3v) is 4.41. The Labute approximate surface area is 173 Å². The number of nitrogens with two attached hydrogens (primary N) is 4. The fraction of sp³-hybridized carbons (Fsp3) is 0.333. The van der Waals surface area contributed by atoms with Gasteiger partial charge in [0.2, 0.25) is 5.96 Å². The maximum atomic E-state index is 11.6. The van der Waals surface area contributed by atoms with Gasteiger partial charge < -0.3 is 38.1 Å². The summed E-state index contributed by atoms with van der Waals surface area (Å²) in [5, 5.41) is 11.4. The fourth-order valence-corrected chi connectivity index (χ4v) is 2.96. The number of hydrogen-bond donors (Lipinski definition) is 6. The molecule has 1 aliphatic heterocycles. The lowest BCUT2D eigenvalue weighted by molar-refractivity contribution is -0.115. The molecule has 10 nitrogen and oxygen atoms in total. The number of amides is 1. The van der Waals surface area contributed by atoms with E-state index in [4.69, 9.17) is 44.4 Å². The third kappa shape index (κ3) is 5.24. The summed E-state index contributed by atoms with van der Waals surface area (Å²) in [5.74, 6) is -0.364. The largest absolute Gasteiger partial charge is 0.491 e. The van der Waals surface area contributed by atoms with Gasteiger partial charge in [0.05, 0.1) is 12.6 Å². The standard InChI is InChI=1S/C18H26ClN7O3/c1-2-4-12(10-5-3-6-11(9-10)29-8-7-27)24-18(23)26-15(20)13(17(22)28)25-14(19)16(26)21/h3,5-6,9,12,25,27H,2,4,7-8,20-21H2,1H3,(H2,22,28)(H2,23,24). The van der Waals surface area contributed by atoms with Crippen LogP contribution >= 0.6 is 11.6 Å². The van der Waals surface area contributed by atoms with Crippen molar-refractivity contribution in [3.05, 3.63) is 52.3 Å². The van der Waals surface area contributed by atoms with E-state index in [9.17, 15) is 4.79 Å². The Kier molecular flexibility index (Phi) is 7.57. The lowest BCUT2D eigenvalue weighted by Gasteiger charge is -2.31. The molecule has 1 atom stereocenters. The maximum Gasteiger partial charge on any atom is 0.268 e. The lowest BCUT2D eigenvalue weighted by atomic mass is 10.0. The highest BCUT2D eigenvalue weighted by Gasteiger charge is 2.29. The van der Waals surface area contributed by atoms with Gasteiger partial charge in [0.15, 0.2) is 0 Å². The van der Waals surface area contributed by atoms with Gasteiger partial charge >= 0.3 is 0 Å². The molecule has 0 aliphatic carbocycles. The summed E-state index contributed by atoms with van der Waals surface area (Å²) >= 11 is 6.05. The number of benzene rings is 1. The number of carbonyl (C=O) groups is 1. The number of nitrogens with one attached hydrogen (secondary N) is 1. The first kappa shape index (κ1) is 22.2. The summed E-state index contributed by atoms with van der Waals surface area (Å²) < 4.78 is 5.46. The van der Waals surface area contributed by atoms with Gasteiger partial charge in [-0.05, 0) is 24.1 Å². The number of aliphatic imine (C=N–C) groups is 1. The minimum absolute atomic E-state index is 0.00862. The van der Waals surface area contributed by atoms with Crippen molar-refractivity contribution in [1.29, 1.82) is 0 Å². The molecule has 10 N–H and O–H groups in total. The molecule has 0 saturated heterocycles. The molecule has 1 unspecified atom stereocenters. The van der Waals surface area contributed by atoms with E-state index in [1.807, 2.05) is 25.1 Å². The van der Waals surface area contributed by atoms with Crippen LogP contribution in [0.3, 0.4) is 0 Å². The van der Waals surface area contributed by atoms with E-state index in [0.717, 1.165) is 12.0 Å². The predicted molar refractivity (Wildman–Crippen MR) is 111 cm³/mol. The van der Waals surface area contributed by atoms with Gasteiger partial charge in [0.25, 0.3) is 5.91 Å². The molecule has 1 aromatic rings. The molecule has 0 aromatic heterocycles. The van der Waals surface area contributed by atoms with Gasteiger partial charge in [0.1, 0.15) is 34.9 Å². The first-order chi connectivity index (χ1) is 13.8. The van der Waals surface area contributed by atoms with Crippen LogP contribution in [0.2, 0.25) is 0 Å². The van der Waals surface area contributed by atoms with Crippen molar-refractivity contribution < 1.29 is 14.6 Å². The van der Waals surface area contributed by atoms with Gasteiger partial charge in [-0.15, -0.1) is 0 Å². The Morgan fingerprint density at radius 1 is 1.34 bits per heavy atom. The molecule has 0 fully saturated rings. The molecule has 0 saturated carbocycles. The van der Waals surface area contributed by atoms with Crippen LogP contribution in [-0.4, -0.2) is 35.1 Å². The highest BCUT2D eigenvalue weighted by Crippen LogP contribution is 2.28. The highest BCUT2D eigenvalue weighted by molar-refractivity contribution is 6.30. The van der Waals surface area contributed by atoms with Crippen molar-refractivity contribution in [3.8, 4) is 5.75 Å². The molecule has 1 amide bonds. The number of halogens is 1. The van der Waals surface area contributed by atoms with Crippen molar-refractivity contribution >= 4 is 23.5 Å². The molecule has 11 heteroatoms. The van der Waals surface area contributed by atoms with Crippen LogP contribution in [0.4, 0.5) is 0 Å². The summed E-state index contributed by atoms with van der Waals surface area (Å²) in [7, 11) is 0. The van der Waals surface area contributed by atoms with Gasteiger partial charge in [-0.25, -0.2) is 9.89 Å². The van der Waals surface area contributed by atoms with E-state index in [1.54, 1.807) is 6.07 Å². The predicted octanol–water partition coefficient (Wildman–Crippen LogP) is 0.0560. The summed E-state index contributed by atoms with van der Waals surface area (Å²) in [4.78, 5) is 17.3. The average Bonchev–Trinajstić information content (AvgIpc) is 2.69. The second kappa shape index (κ2) is 9.89. The van der Waals surface area contributed by atoms with E-state index < -0.39 is 5.91 Å². The Balaban J connectivity index is 2.41. The van der Waals surface area contributed by atoms with Crippen LogP contribution in [0, 0.1) is 0 Å². The van der Waals surface area contributed by atoms with E-state index >= 15 is 0 Å². The maximum absolute atomic E-state index is 11.6. The molecular formula is C18H26ClN7O3. The van der Waals surface area contributed by atoms with E-state index in [2.05, 4.69) is 10.3 Å². The van der Waals surface area contributed by atoms with Gasteiger partial charge in [-0.2, -0.15) is 0 Å². The van der Waals surface area contributed by atoms with Crippen LogP contribution in [0.15, 0.2) is 51.8 Å². The molecule has 0 spiro atoms. The van der Waals surface area contributed by atoms with E-state index in [1.165, 1.54) is 4.90 Å². The molecule has 1 aromatic carbocycles. The van der Waals surface area contributed by atoms with Crippen LogP contribution < -0.4 is 33.0 Å². The van der Waals surface area contributed by atoms with Gasteiger partial charge in [0, 0.05) is 0 Å². The second-order valence-electron chi connectivity index (χ2n) is 6.22. The lowest BCUT2D eigenvalue weighted by Crippen LogP contribution is -2.49. The molecule has 0 radical (unpaired) electrons. The van der Waals surface area contributed by atoms with Gasteiger partial charge in [-0.1, -0.05) is 37.1 Å². The van der Waals surface area contributed by atoms with Crippen molar-refractivity contribution in [3.63, 3.8) is 0 Å². The summed E-state index contributed by atoms with van der Waals surface area (Å²) in [6, 6.07) is 6.99. The van der Waals surface area contributed by atoms with Crippen LogP contribution in [0.25, 0.3) is 0 Å². The number of ether oxygens (including phenoxy) is 1. The van der Waals surface area contributed by atoms with Crippen LogP contribution in [0.1, 0.15) is 31.4 Å². The number of guanidine groups is 1. The minimum atomic E-state index is -0.815. The van der Waals surface area contributed by atoms with Crippen LogP contribution in [0.5, 0.6) is 5.75 Å². The number of hydrogen-bond acceptors (Lipinski definition) is 7. The number of carbonyl (C=O) groups excluding carboxylic acids is 1. The molecule has 0 bridgehead atoms. The molecule has 29 heavy (non-hydrogen) atoms. The Morgan fingerprint density at radius 2 is 2.07 bits per heavy atom. The Hall–Kier alpha value is -3.11. The van der Waals surface area contributed by atoms with E-state index in [0.29, 0.717) is 12.2 Å². The minimum Gasteiger partial charge on any atom is -0.491 e. The molecular weight excluding hydrogens is 398 g/mol. The van der Waals surface area contributed by atoms with Crippen molar-refractivity contribution in [1.82, 2.24) is 10.2 Å². The SMILES string of the molecule is CCCC(N=C(N)N1C(N)=C(Cl)NC(C(N)=O)=C1N)c1cccc(OCCO)c1. The molecule has 1 aliphatic rings. The van der Waals surface area contributed by atoms with Crippen LogP contribution in [-0.2, 0) is 4.79 Å². The zero-order chi connectivity index (χ0) is 21.6. The summed E-state index contributed by atoms with van der Waals surface area (Å²) in [6.07, 6.45) is 1.51. The van der Waals surface area contributed by atoms with Crippen molar-refractivity contribution in [2.24, 2.45) is 27.9 Å². The second-order valence-corrected chi connectivity index (χ2v) is 6.60. The quantitative estimate of drug-likeness (QED) is 0.193. The van der Waals surface area contributed by atoms with E-state index in [-0.39, 0.29) is 47.7 Å². The normalized spacial score (nSPS) is 16.0. The topological polar surface area (TPSA) is 178 Å². The summed E-state index contributed by atoms with van der Waals surface area (Å²) in [6.45, 7) is 2.11. The number of primary amides is 1. The average molecular weight is 424 g/mol. The number of rotatable bonds is 8. The Morgan fingerprint density at radius 3 is 2.69 bits per heavy atom. The van der Waals surface area contributed by atoms with Crippen molar-refractivity contribution in [2.75, 3.05) is 13.2 Å². The third-order valence-electron chi connectivity index (χ3n) is 4.13. The number of nitrogens with zero attached hydrogens (tertiary/aromatic N) is 2. The zero-order valence-corrected chi connectivity index (χ0v) is 16.8. The number of aliphatic hydroxyl groups is 1. The first-order valence-electron chi connectivity index (χ1n) is 8.98. The number of aliphatic hydroxyl groups excluding tert-OH is 1. The molecule has 2 rings (SSSR count).